The van der Waals surface area contributed by atoms with Crippen molar-refractivity contribution in [1.82, 2.24) is 5.32 Å². The van der Waals surface area contributed by atoms with Crippen molar-refractivity contribution in [2.24, 2.45) is 5.92 Å². The number of rotatable bonds is 2. The second kappa shape index (κ2) is 5.28. The van der Waals surface area contributed by atoms with Crippen LogP contribution in [0.5, 0.6) is 0 Å². The minimum Gasteiger partial charge on any atom is -0.382 e. The lowest BCUT2D eigenvalue weighted by Crippen LogP contribution is -2.36. The van der Waals surface area contributed by atoms with Crippen molar-refractivity contribution in [3.05, 3.63) is 23.8 Å². The fourth-order valence-electron chi connectivity index (χ4n) is 4.27. The molecular weight excluding hydrogens is 246 g/mol. The monoisotopic (exact) mass is 271 g/mol. The Hall–Kier alpha value is -1.22. The minimum absolute atomic E-state index is 0.554. The number of nitrogens with one attached hydrogen (secondary N) is 2. The Bertz CT molecular complexity index is 479. The lowest BCUT2D eigenvalue weighted by molar-refractivity contribution is 0.402. The van der Waals surface area contributed by atoms with E-state index in [-0.39, 0.29) is 0 Å². The van der Waals surface area contributed by atoms with Crippen LogP contribution in [0.2, 0.25) is 0 Å². The molecule has 3 aliphatic rings. The molecule has 2 heterocycles. The average Bonchev–Trinajstić information content (AvgIpc) is 2.92. The normalized spacial score (nSPS) is 26.0. The van der Waals surface area contributed by atoms with Crippen molar-refractivity contribution in [1.29, 1.82) is 0 Å². The topological polar surface area (TPSA) is 27.3 Å². The summed E-state index contributed by atoms with van der Waals surface area (Å²) in [4.78, 5) is 2.57. The van der Waals surface area contributed by atoms with Crippen LogP contribution in [0.1, 0.15) is 43.7 Å². The molecule has 1 aliphatic carbocycles. The van der Waals surface area contributed by atoms with E-state index in [1.165, 1.54) is 49.0 Å². The molecule has 1 atom stereocenters. The minimum atomic E-state index is 0.554. The highest BCUT2D eigenvalue weighted by atomic mass is 15.2. The van der Waals surface area contributed by atoms with E-state index in [1.54, 1.807) is 0 Å². The van der Waals surface area contributed by atoms with Gasteiger partial charge in [-0.15, -0.1) is 0 Å². The summed E-state index contributed by atoms with van der Waals surface area (Å²) in [6, 6.07) is 7.36. The fraction of sp³-hybridized carbons (Fsp3) is 0.647. The van der Waals surface area contributed by atoms with E-state index in [0.717, 1.165) is 32.1 Å². The lowest BCUT2D eigenvalue weighted by Gasteiger charge is -2.33. The van der Waals surface area contributed by atoms with Crippen molar-refractivity contribution in [2.45, 2.75) is 38.1 Å². The molecule has 1 aromatic carbocycles. The first-order chi connectivity index (χ1) is 9.92. The number of hydrogen-bond acceptors (Lipinski definition) is 3. The maximum Gasteiger partial charge on any atom is 0.0651 e. The van der Waals surface area contributed by atoms with E-state index in [9.17, 15) is 0 Å². The van der Waals surface area contributed by atoms with E-state index in [1.807, 2.05) is 0 Å². The van der Waals surface area contributed by atoms with Gasteiger partial charge in [-0.3, -0.25) is 0 Å². The van der Waals surface area contributed by atoms with Crippen molar-refractivity contribution in [3.63, 3.8) is 0 Å². The Morgan fingerprint density at radius 1 is 1.10 bits per heavy atom. The van der Waals surface area contributed by atoms with Crippen molar-refractivity contribution in [3.8, 4) is 0 Å². The molecule has 2 N–H and O–H groups in total. The van der Waals surface area contributed by atoms with E-state index in [2.05, 4.69) is 33.7 Å². The molecule has 0 radical (unpaired) electrons. The quantitative estimate of drug-likeness (QED) is 0.865. The van der Waals surface area contributed by atoms with Crippen LogP contribution >= 0.6 is 0 Å². The highest BCUT2D eigenvalue weighted by Gasteiger charge is 2.29. The van der Waals surface area contributed by atoms with Gasteiger partial charge in [-0.05, 0) is 24.0 Å². The van der Waals surface area contributed by atoms with Gasteiger partial charge in [0.1, 0.15) is 0 Å². The SMILES string of the molecule is c1cc2c3c(c1)C(CC1CCCC1)NCCN3CCN2. The van der Waals surface area contributed by atoms with Crippen LogP contribution in [0.25, 0.3) is 0 Å². The van der Waals surface area contributed by atoms with Crippen molar-refractivity contribution < 1.29 is 0 Å². The smallest absolute Gasteiger partial charge is 0.0651 e. The third-order valence-corrected chi connectivity index (χ3v) is 5.27. The van der Waals surface area contributed by atoms with Crippen molar-refractivity contribution >= 4 is 11.4 Å². The molecule has 3 nitrogen and oxygen atoms in total. The zero-order valence-corrected chi connectivity index (χ0v) is 12.2. The molecule has 108 valence electrons. The zero-order chi connectivity index (χ0) is 13.4. The highest BCUT2D eigenvalue weighted by molar-refractivity contribution is 5.76. The number of hydrogen-bond donors (Lipinski definition) is 2. The molecule has 0 spiro atoms. The summed E-state index contributed by atoms with van der Waals surface area (Å²) in [5, 5.41) is 7.39. The summed E-state index contributed by atoms with van der Waals surface area (Å²) in [5.41, 5.74) is 4.35. The van der Waals surface area contributed by atoms with E-state index in [4.69, 9.17) is 0 Å². The zero-order valence-electron chi connectivity index (χ0n) is 12.2. The summed E-state index contributed by atoms with van der Waals surface area (Å²) in [6.07, 6.45) is 7.09. The second-order valence-corrected chi connectivity index (χ2v) is 6.55. The summed E-state index contributed by atoms with van der Waals surface area (Å²) < 4.78 is 0. The van der Waals surface area contributed by atoms with Crippen LogP contribution in [-0.2, 0) is 0 Å². The molecule has 20 heavy (non-hydrogen) atoms. The number of para-hydroxylation sites is 1. The molecule has 0 amide bonds. The molecule has 4 rings (SSSR count). The first-order valence-corrected chi connectivity index (χ1v) is 8.27. The Labute approximate surface area is 121 Å². The second-order valence-electron chi connectivity index (χ2n) is 6.55. The van der Waals surface area contributed by atoms with Gasteiger partial charge in [0.2, 0.25) is 0 Å². The molecular formula is C17H25N3. The van der Waals surface area contributed by atoms with Crippen LogP contribution in [0.4, 0.5) is 11.4 Å². The predicted octanol–water partition coefficient (Wildman–Crippen LogP) is 3.14. The summed E-state index contributed by atoms with van der Waals surface area (Å²) in [5.74, 6) is 0.937. The van der Waals surface area contributed by atoms with Crippen LogP contribution in [0.15, 0.2) is 18.2 Å². The summed E-state index contributed by atoms with van der Waals surface area (Å²) in [7, 11) is 0. The van der Waals surface area contributed by atoms with Gasteiger partial charge >= 0.3 is 0 Å². The van der Waals surface area contributed by atoms with Gasteiger partial charge in [-0.2, -0.15) is 0 Å². The van der Waals surface area contributed by atoms with Gasteiger partial charge in [-0.1, -0.05) is 37.8 Å². The molecule has 2 aliphatic heterocycles. The summed E-state index contributed by atoms with van der Waals surface area (Å²) in [6.45, 7) is 4.48. The van der Waals surface area contributed by atoms with Gasteiger partial charge in [0.15, 0.2) is 0 Å². The number of anilines is 2. The average molecular weight is 271 g/mol. The van der Waals surface area contributed by atoms with Crippen LogP contribution in [0, 0.1) is 5.92 Å². The first kappa shape index (κ1) is 12.5. The van der Waals surface area contributed by atoms with Gasteiger partial charge in [0.05, 0.1) is 11.4 Å². The molecule has 0 saturated heterocycles. The molecule has 1 saturated carbocycles. The molecule has 1 fully saturated rings. The van der Waals surface area contributed by atoms with Crippen LogP contribution in [0.3, 0.4) is 0 Å². The lowest BCUT2D eigenvalue weighted by atomic mass is 9.92. The first-order valence-electron chi connectivity index (χ1n) is 8.27. The Morgan fingerprint density at radius 2 is 1.95 bits per heavy atom. The van der Waals surface area contributed by atoms with Gasteiger partial charge in [0, 0.05) is 32.2 Å². The molecule has 1 unspecified atom stereocenters. The summed E-state index contributed by atoms with van der Waals surface area (Å²) >= 11 is 0. The highest BCUT2D eigenvalue weighted by Crippen LogP contribution is 2.41. The third kappa shape index (κ3) is 2.18. The van der Waals surface area contributed by atoms with Crippen LogP contribution in [-0.4, -0.2) is 26.2 Å². The van der Waals surface area contributed by atoms with Gasteiger partial charge in [0.25, 0.3) is 0 Å². The molecule has 1 aromatic rings. The van der Waals surface area contributed by atoms with Crippen LogP contribution < -0.4 is 15.5 Å². The number of nitrogens with zero attached hydrogens (tertiary/aromatic N) is 1. The maximum atomic E-state index is 3.81. The molecule has 3 heteroatoms. The van der Waals surface area contributed by atoms with E-state index < -0.39 is 0 Å². The Balaban J connectivity index is 1.67. The van der Waals surface area contributed by atoms with Gasteiger partial charge < -0.3 is 15.5 Å². The fourth-order valence-corrected chi connectivity index (χ4v) is 4.27. The standard InChI is InChI=1S/C17H25N3/c1-2-5-13(4-1)12-16-14-6-3-7-15-17(14)20(10-8-18-15)11-9-19-16/h3,6-7,13,16,18-19H,1-2,4-5,8-12H2. The molecule has 0 aromatic heterocycles. The predicted molar refractivity (Wildman–Crippen MR) is 84.5 cm³/mol. The van der Waals surface area contributed by atoms with E-state index >= 15 is 0 Å². The Kier molecular flexibility index (Phi) is 3.31. The molecule has 0 bridgehead atoms. The van der Waals surface area contributed by atoms with Gasteiger partial charge in [-0.25, -0.2) is 0 Å². The third-order valence-electron chi connectivity index (χ3n) is 5.27. The largest absolute Gasteiger partial charge is 0.382 e. The van der Waals surface area contributed by atoms with E-state index in [0.29, 0.717) is 6.04 Å². The number of benzene rings is 1. The Morgan fingerprint density at radius 3 is 2.85 bits per heavy atom. The maximum absolute atomic E-state index is 3.81. The van der Waals surface area contributed by atoms with Crippen molar-refractivity contribution in [2.75, 3.05) is 36.4 Å².